The fourth-order valence-electron chi connectivity index (χ4n) is 3.03. The van der Waals surface area contributed by atoms with Gasteiger partial charge >= 0.3 is 5.97 Å². The van der Waals surface area contributed by atoms with Crippen LogP contribution in [0.3, 0.4) is 0 Å². The number of fused-ring (bicyclic) bond motifs is 1. The number of rotatable bonds is 3. The van der Waals surface area contributed by atoms with Crippen LogP contribution in [0.2, 0.25) is 0 Å². The maximum Gasteiger partial charge on any atom is 0.312 e. The van der Waals surface area contributed by atoms with Crippen molar-refractivity contribution in [3.63, 3.8) is 0 Å². The molecule has 1 atom stereocenters. The molecule has 0 radical (unpaired) electrons. The lowest BCUT2D eigenvalue weighted by molar-refractivity contribution is -0.139. The van der Waals surface area contributed by atoms with Gasteiger partial charge in [-0.3, -0.25) is 9.59 Å². The van der Waals surface area contributed by atoms with E-state index in [1.54, 1.807) is 22.8 Å². The topological polar surface area (TPSA) is 94.3 Å². The molecular weight excluding hydrogens is 299 g/mol. The van der Waals surface area contributed by atoms with Gasteiger partial charge in [0.05, 0.1) is 17.2 Å². The van der Waals surface area contributed by atoms with Gasteiger partial charge in [0.2, 0.25) is 5.78 Å². The highest BCUT2D eigenvalue weighted by Crippen LogP contribution is 2.30. The molecule has 1 aliphatic heterocycles. The number of hydrogen-bond acceptors (Lipinski definition) is 3. The van der Waals surface area contributed by atoms with E-state index in [9.17, 15) is 19.1 Å². The normalized spacial score (nSPS) is 16.8. The van der Waals surface area contributed by atoms with E-state index in [1.165, 1.54) is 18.2 Å². The van der Waals surface area contributed by atoms with Gasteiger partial charge in [-0.2, -0.15) is 0 Å². The van der Waals surface area contributed by atoms with E-state index in [-0.39, 0.29) is 11.7 Å². The average Bonchev–Trinajstić information content (AvgIpc) is 2.79. The van der Waals surface area contributed by atoms with Gasteiger partial charge in [-0.1, -0.05) is 18.6 Å². The van der Waals surface area contributed by atoms with E-state index in [1.807, 2.05) is 0 Å². The first-order valence-electron chi connectivity index (χ1n) is 7.31. The maximum atomic E-state index is 13.8. The third kappa shape index (κ3) is 3.03. The summed E-state index contributed by atoms with van der Waals surface area (Å²) in [5.74, 6) is -2.46. The van der Waals surface area contributed by atoms with Crippen LogP contribution in [0, 0.1) is 5.82 Å². The van der Waals surface area contributed by atoms with Gasteiger partial charge < -0.3 is 15.8 Å². The van der Waals surface area contributed by atoms with Gasteiger partial charge in [-0.25, -0.2) is 4.39 Å². The zero-order valence-corrected chi connectivity index (χ0v) is 12.7. The Labute approximate surface area is 133 Å². The number of carbonyl (C=O) groups excluding carboxylic acids is 1. The quantitative estimate of drug-likeness (QED) is 0.848. The van der Waals surface area contributed by atoms with Crippen LogP contribution in [0.5, 0.6) is 0 Å². The molecule has 0 aliphatic carbocycles. The predicted molar refractivity (Wildman–Crippen MR) is 83.5 cm³/mol. The smallest absolute Gasteiger partial charge is 0.312 e. The lowest BCUT2D eigenvalue weighted by atomic mass is 10.0. The summed E-state index contributed by atoms with van der Waals surface area (Å²) in [6.07, 6.45) is 2.17. The van der Waals surface area contributed by atoms with Gasteiger partial charge in [-0.05, 0) is 37.1 Å². The second kappa shape index (κ2) is 6.75. The molecule has 1 aromatic heterocycles. The summed E-state index contributed by atoms with van der Waals surface area (Å²) >= 11 is 0. The van der Waals surface area contributed by atoms with Crippen molar-refractivity contribution in [2.45, 2.75) is 31.7 Å². The van der Waals surface area contributed by atoms with Crippen LogP contribution in [0.25, 0.3) is 0 Å². The second-order valence-electron chi connectivity index (χ2n) is 5.49. The summed E-state index contributed by atoms with van der Waals surface area (Å²) in [6.45, 7) is 0.585. The molecule has 1 unspecified atom stereocenters. The maximum absolute atomic E-state index is 13.8. The predicted octanol–water partition coefficient (Wildman–Crippen LogP) is 3.37. The van der Waals surface area contributed by atoms with Crippen molar-refractivity contribution in [2.75, 3.05) is 0 Å². The molecule has 23 heavy (non-hydrogen) atoms. The zero-order valence-electron chi connectivity index (χ0n) is 12.7. The second-order valence-corrected chi connectivity index (χ2v) is 5.49. The van der Waals surface area contributed by atoms with E-state index in [4.69, 9.17) is 0 Å². The number of halogens is 1. The number of carboxylic acid groups (broad SMARTS) is 1. The van der Waals surface area contributed by atoms with Crippen LogP contribution in [-0.2, 0) is 11.3 Å². The minimum absolute atomic E-state index is 0. The van der Waals surface area contributed by atoms with Gasteiger partial charge in [0, 0.05) is 12.2 Å². The highest BCUT2D eigenvalue weighted by molar-refractivity contribution is 6.08. The van der Waals surface area contributed by atoms with Gasteiger partial charge in [0.25, 0.3) is 0 Å². The molecule has 2 aromatic rings. The van der Waals surface area contributed by atoms with Crippen molar-refractivity contribution in [1.29, 1.82) is 0 Å². The van der Waals surface area contributed by atoms with Crippen LogP contribution in [0.1, 0.15) is 46.9 Å². The molecule has 0 saturated heterocycles. The number of nitrogens with zero attached hydrogens (tertiary/aromatic N) is 1. The van der Waals surface area contributed by atoms with Crippen LogP contribution >= 0.6 is 0 Å². The largest absolute Gasteiger partial charge is 0.481 e. The summed E-state index contributed by atoms with van der Waals surface area (Å²) < 4.78 is 15.6. The average molecular weight is 318 g/mol. The lowest BCUT2D eigenvalue weighted by Crippen LogP contribution is -2.17. The van der Waals surface area contributed by atoms with Gasteiger partial charge in [0.1, 0.15) is 5.82 Å². The Kier molecular flexibility index (Phi) is 4.95. The number of ketones is 1. The molecule has 0 saturated carbocycles. The van der Waals surface area contributed by atoms with E-state index >= 15 is 0 Å². The van der Waals surface area contributed by atoms with E-state index in [2.05, 4.69) is 0 Å². The van der Waals surface area contributed by atoms with Crippen molar-refractivity contribution in [3.05, 3.63) is 59.2 Å². The van der Waals surface area contributed by atoms with Crippen molar-refractivity contribution in [3.8, 4) is 0 Å². The van der Waals surface area contributed by atoms with E-state index < -0.39 is 23.5 Å². The number of hydrogen-bond donors (Lipinski definition) is 2. The number of carboxylic acids is 1. The number of aromatic nitrogens is 1. The standard InChI is InChI=1S/C17H16FNO3.H3N/c18-13-7-2-1-5-11(13)16(20)15-9-8-14-12(17(21)22)6-3-4-10-19(14)15;/h1-2,5,7-9,12H,3-4,6,10H2,(H,21,22);1H3. The molecule has 2 heterocycles. The summed E-state index contributed by atoms with van der Waals surface area (Å²) in [4.78, 5) is 24.0. The molecule has 3 rings (SSSR count). The minimum atomic E-state index is -0.883. The molecule has 0 amide bonds. The summed E-state index contributed by atoms with van der Waals surface area (Å²) in [6, 6.07) is 9.12. The van der Waals surface area contributed by atoms with E-state index in [0.29, 0.717) is 24.4 Å². The first-order valence-corrected chi connectivity index (χ1v) is 7.31. The first kappa shape index (κ1) is 16.9. The molecule has 6 heteroatoms. The lowest BCUT2D eigenvalue weighted by Gasteiger charge is -2.13. The Morgan fingerprint density at radius 3 is 2.57 bits per heavy atom. The fourth-order valence-corrected chi connectivity index (χ4v) is 3.03. The number of benzene rings is 1. The van der Waals surface area contributed by atoms with Crippen LogP contribution in [-0.4, -0.2) is 21.4 Å². The molecular formula is C17H19FN2O3. The molecule has 5 nitrogen and oxygen atoms in total. The molecule has 122 valence electrons. The Morgan fingerprint density at radius 1 is 1.13 bits per heavy atom. The summed E-state index contributed by atoms with van der Waals surface area (Å²) in [5.41, 5.74) is 0.998. The fraction of sp³-hybridized carbons (Fsp3) is 0.294. The highest BCUT2D eigenvalue weighted by atomic mass is 19.1. The Bertz CT molecular complexity index is 739. The molecule has 0 fully saturated rings. The molecule has 4 N–H and O–H groups in total. The van der Waals surface area contributed by atoms with Gasteiger partial charge in [0.15, 0.2) is 0 Å². The van der Waals surface area contributed by atoms with Crippen molar-refractivity contribution in [1.82, 2.24) is 10.7 Å². The highest BCUT2D eigenvalue weighted by Gasteiger charge is 2.28. The Hall–Kier alpha value is -2.47. The summed E-state index contributed by atoms with van der Waals surface area (Å²) in [7, 11) is 0. The molecule has 1 aliphatic rings. The first-order chi connectivity index (χ1) is 10.6. The van der Waals surface area contributed by atoms with E-state index in [0.717, 1.165) is 12.8 Å². The SMILES string of the molecule is N.O=C(c1ccccc1F)c1ccc2n1CCCCC2C(=O)O. The monoisotopic (exact) mass is 318 g/mol. The third-order valence-electron chi connectivity index (χ3n) is 4.15. The molecule has 1 aromatic carbocycles. The van der Waals surface area contributed by atoms with Crippen LogP contribution in [0.15, 0.2) is 36.4 Å². The zero-order chi connectivity index (χ0) is 15.7. The van der Waals surface area contributed by atoms with Crippen LogP contribution < -0.4 is 6.15 Å². The van der Waals surface area contributed by atoms with Crippen molar-refractivity contribution in [2.24, 2.45) is 0 Å². The van der Waals surface area contributed by atoms with Crippen molar-refractivity contribution < 1.29 is 19.1 Å². The number of aliphatic carboxylic acids is 1. The molecule has 0 spiro atoms. The van der Waals surface area contributed by atoms with Crippen LogP contribution in [0.4, 0.5) is 4.39 Å². The van der Waals surface area contributed by atoms with Gasteiger partial charge in [-0.15, -0.1) is 0 Å². The van der Waals surface area contributed by atoms with Crippen molar-refractivity contribution >= 4 is 11.8 Å². The summed E-state index contributed by atoms with van der Waals surface area (Å²) in [5, 5.41) is 9.36. The molecule has 0 bridgehead atoms. The minimum Gasteiger partial charge on any atom is -0.481 e. The third-order valence-corrected chi connectivity index (χ3v) is 4.15. The Balaban J connectivity index is 0.00000192. The Morgan fingerprint density at radius 2 is 1.87 bits per heavy atom. The number of carbonyl (C=O) groups is 2.